The van der Waals surface area contributed by atoms with Crippen LogP contribution < -0.4 is 5.32 Å². The number of carbonyl (C=O) groups is 2. The molecule has 0 spiro atoms. The van der Waals surface area contributed by atoms with E-state index < -0.39 is 0 Å². The van der Waals surface area contributed by atoms with Crippen molar-refractivity contribution in [2.75, 3.05) is 19.6 Å². The van der Waals surface area contributed by atoms with Crippen LogP contribution in [0.15, 0.2) is 71.6 Å². The number of hydrogen-bond donors (Lipinski definition) is 1. The van der Waals surface area contributed by atoms with E-state index in [0.717, 1.165) is 17.0 Å². The second kappa shape index (κ2) is 10.4. The lowest BCUT2D eigenvalue weighted by Crippen LogP contribution is -2.43. The van der Waals surface area contributed by atoms with Gasteiger partial charge in [0.1, 0.15) is 5.69 Å². The van der Waals surface area contributed by atoms with E-state index in [1.54, 1.807) is 27.4 Å². The van der Waals surface area contributed by atoms with Gasteiger partial charge in [-0.2, -0.15) is 5.10 Å². The van der Waals surface area contributed by atoms with Crippen molar-refractivity contribution in [3.05, 3.63) is 82.0 Å². The number of hydrogen-bond acceptors (Lipinski definition) is 5. The minimum absolute atomic E-state index is 0.0258. The zero-order valence-electron chi connectivity index (χ0n) is 18.7. The predicted molar refractivity (Wildman–Crippen MR) is 137 cm³/mol. The van der Waals surface area contributed by atoms with Crippen LogP contribution in [0, 0.1) is 5.92 Å². The third kappa shape index (κ3) is 4.98. The van der Waals surface area contributed by atoms with Crippen LogP contribution >= 0.6 is 22.7 Å². The number of nitrogens with one attached hydrogen (secondary N) is 1. The van der Waals surface area contributed by atoms with Crippen LogP contribution in [0.2, 0.25) is 0 Å². The number of rotatable bonds is 7. The fourth-order valence-corrected chi connectivity index (χ4v) is 5.69. The molecular weight excluding hydrogens is 464 g/mol. The average molecular weight is 491 g/mol. The summed E-state index contributed by atoms with van der Waals surface area (Å²) < 4.78 is 1.77. The molecule has 1 saturated heterocycles. The molecule has 174 valence electrons. The van der Waals surface area contributed by atoms with Gasteiger partial charge in [0.15, 0.2) is 0 Å². The van der Waals surface area contributed by atoms with E-state index >= 15 is 0 Å². The first kappa shape index (κ1) is 22.6. The van der Waals surface area contributed by atoms with Gasteiger partial charge in [-0.05, 0) is 54.3 Å². The molecule has 1 aliphatic rings. The van der Waals surface area contributed by atoms with Gasteiger partial charge in [0, 0.05) is 36.6 Å². The highest BCUT2D eigenvalue weighted by molar-refractivity contribution is 7.13. The van der Waals surface area contributed by atoms with E-state index in [9.17, 15) is 9.59 Å². The second-order valence-electron chi connectivity index (χ2n) is 8.34. The molecule has 4 heterocycles. The summed E-state index contributed by atoms with van der Waals surface area (Å²) in [6.45, 7) is 1.80. The van der Waals surface area contributed by atoms with Crippen LogP contribution in [0.1, 0.15) is 28.1 Å². The van der Waals surface area contributed by atoms with Gasteiger partial charge in [-0.3, -0.25) is 9.59 Å². The predicted octanol–water partition coefficient (Wildman–Crippen LogP) is 4.87. The van der Waals surface area contributed by atoms with Crippen molar-refractivity contribution in [2.45, 2.75) is 19.3 Å². The van der Waals surface area contributed by atoms with Gasteiger partial charge in [0.25, 0.3) is 5.91 Å². The molecule has 3 aromatic heterocycles. The molecule has 1 aliphatic heterocycles. The molecule has 1 N–H and O–H groups in total. The van der Waals surface area contributed by atoms with Gasteiger partial charge in [-0.1, -0.05) is 30.3 Å². The minimum atomic E-state index is -0.0452. The molecule has 0 unspecified atom stereocenters. The molecule has 0 radical (unpaired) electrons. The first-order valence-electron chi connectivity index (χ1n) is 11.5. The van der Waals surface area contributed by atoms with E-state index in [1.807, 2.05) is 65.0 Å². The van der Waals surface area contributed by atoms with Crippen molar-refractivity contribution < 1.29 is 9.59 Å². The summed E-state index contributed by atoms with van der Waals surface area (Å²) in [7, 11) is 0. The fourth-order valence-electron chi connectivity index (χ4n) is 4.26. The van der Waals surface area contributed by atoms with Gasteiger partial charge >= 0.3 is 0 Å². The summed E-state index contributed by atoms with van der Waals surface area (Å²) in [5.41, 5.74) is 2.22. The molecule has 2 amide bonds. The summed E-state index contributed by atoms with van der Waals surface area (Å²) in [5.74, 6) is 0.0261. The topological polar surface area (TPSA) is 67.2 Å². The third-order valence-corrected chi connectivity index (χ3v) is 7.94. The molecule has 8 heteroatoms. The molecular formula is C26H26N4O2S2. The van der Waals surface area contributed by atoms with E-state index in [-0.39, 0.29) is 17.7 Å². The van der Waals surface area contributed by atoms with E-state index in [2.05, 4.69) is 16.8 Å². The molecule has 34 heavy (non-hydrogen) atoms. The Morgan fingerprint density at radius 3 is 2.44 bits per heavy atom. The third-order valence-electron chi connectivity index (χ3n) is 6.12. The lowest BCUT2D eigenvalue weighted by molar-refractivity contribution is -0.126. The van der Waals surface area contributed by atoms with Crippen molar-refractivity contribution in [1.29, 1.82) is 0 Å². The van der Waals surface area contributed by atoms with Gasteiger partial charge < -0.3 is 10.2 Å². The number of carbonyl (C=O) groups excluding carboxylic acids is 2. The van der Waals surface area contributed by atoms with Crippen molar-refractivity contribution in [3.63, 3.8) is 0 Å². The van der Waals surface area contributed by atoms with Crippen LogP contribution in [0.3, 0.4) is 0 Å². The van der Waals surface area contributed by atoms with Crippen LogP contribution in [-0.4, -0.2) is 46.1 Å². The van der Waals surface area contributed by atoms with Crippen LogP contribution in [-0.2, 0) is 11.2 Å². The number of benzene rings is 1. The average Bonchev–Trinajstić information content (AvgIpc) is 3.66. The quantitative estimate of drug-likeness (QED) is 0.402. The molecule has 4 aromatic rings. The Kier molecular flexibility index (Phi) is 6.87. The number of thiophene rings is 2. The number of aromatic nitrogens is 2. The number of likely N-dealkylation sites (tertiary alicyclic amines) is 1. The monoisotopic (exact) mass is 490 g/mol. The Balaban J connectivity index is 1.24. The lowest BCUT2D eigenvalue weighted by atomic mass is 9.95. The lowest BCUT2D eigenvalue weighted by Gasteiger charge is -2.31. The summed E-state index contributed by atoms with van der Waals surface area (Å²) in [4.78, 5) is 30.2. The first-order valence-corrected chi connectivity index (χ1v) is 13.2. The van der Waals surface area contributed by atoms with E-state index in [4.69, 9.17) is 5.10 Å². The van der Waals surface area contributed by atoms with Gasteiger partial charge in [-0.15, -0.1) is 22.7 Å². The Labute approximate surface area is 206 Å². The highest BCUT2D eigenvalue weighted by atomic mass is 32.1. The van der Waals surface area contributed by atoms with Gasteiger partial charge in [-0.25, -0.2) is 4.68 Å². The molecule has 1 aromatic carbocycles. The summed E-state index contributed by atoms with van der Waals surface area (Å²) in [6.07, 6.45) is 4.04. The molecule has 5 rings (SSSR count). The van der Waals surface area contributed by atoms with E-state index in [0.29, 0.717) is 43.7 Å². The molecule has 6 nitrogen and oxygen atoms in total. The normalized spacial score (nSPS) is 14.3. The van der Waals surface area contributed by atoms with Crippen LogP contribution in [0.5, 0.6) is 0 Å². The number of amides is 2. The van der Waals surface area contributed by atoms with Crippen LogP contribution in [0.25, 0.3) is 16.3 Å². The Morgan fingerprint density at radius 2 is 1.74 bits per heavy atom. The standard InChI is InChI=1S/C26H26N4O2S2/c31-25(27-13-10-21-8-4-16-33-21)19-11-14-29(15-12-19)26(32)22-18-30(20-6-2-1-3-7-20)28-24(22)23-9-5-17-34-23/h1-9,16-19H,10-15H2,(H,27,31). The van der Waals surface area contributed by atoms with Crippen molar-refractivity contribution in [3.8, 4) is 16.3 Å². The summed E-state index contributed by atoms with van der Waals surface area (Å²) >= 11 is 3.29. The van der Waals surface area contributed by atoms with Crippen molar-refractivity contribution in [2.24, 2.45) is 5.92 Å². The Bertz CT molecular complexity index is 1230. The molecule has 0 aliphatic carbocycles. The molecule has 0 atom stereocenters. The van der Waals surface area contributed by atoms with Crippen LogP contribution in [0.4, 0.5) is 0 Å². The maximum absolute atomic E-state index is 13.5. The molecule has 1 fully saturated rings. The molecule has 0 saturated carbocycles. The molecule has 0 bridgehead atoms. The maximum Gasteiger partial charge on any atom is 0.257 e. The maximum atomic E-state index is 13.5. The second-order valence-corrected chi connectivity index (χ2v) is 10.3. The first-order chi connectivity index (χ1) is 16.7. The number of piperidine rings is 1. The highest BCUT2D eigenvalue weighted by Gasteiger charge is 2.30. The van der Waals surface area contributed by atoms with Gasteiger partial charge in [0.05, 0.1) is 16.1 Å². The highest BCUT2D eigenvalue weighted by Crippen LogP contribution is 2.30. The largest absolute Gasteiger partial charge is 0.355 e. The van der Waals surface area contributed by atoms with E-state index in [1.165, 1.54) is 4.88 Å². The summed E-state index contributed by atoms with van der Waals surface area (Å²) in [5, 5.41) is 11.9. The van der Waals surface area contributed by atoms with Crippen molar-refractivity contribution in [1.82, 2.24) is 20.0 Å². The Morgan fingerprint density at radius 1 is 0.971 bits per heavy atom. The number of para-hydroxylation sites is 1. The zero-order valence-corrected chi connectivity index (χ0v) is 20.4. The minimum Gasteiger partial charge on any atom is -0.355 e. The Hall–Kier alpha value is -3.23. The summed E-state index contributed by atoms with van der Waals surface area (Å²) in [6, 6.07) is 17.9. The fraction of sp³-hybridized carbons (Fsp3) is 0.269. The van der Waals surface area contributed by atoms with Crippen molar-refractivity contribution >= 4 is 34.5 Å². The number of nitrogens with zero attached hydrogens (tertiary/aromatic N) is 3. The zero-order chi connectivity index (χ0) is 23.3. The van der Waals surface area contributed by atoms with Gasteiger partial charge in [0.2, 0.25) is 5.91 Å². The smallest absolute Gasteiger partial charge is 0.257 e. The SMILES string of the molecule is O=C(NCCc1cccs1)C1CCN(C(=O)c2cn(-c3ccccc3)nc2-c2cccs2)CC1.